The van der Waals surface area contributed by atoms with Gasteiger partial charge in [-0.1, -0.05) is 6.07 Å². The summed E-state index contributed by atoms with van der Waals surface area (Å²) < 4.78 is 21.1. The van der Waals surface area contributed by atoms with Crippen molar-refractivity contribution >= 4 is 0 Å². The first-order valence-electron chi connectivity index (χ1n) is 5.86. The number of aryl methyl sites for hydroxylation is 1. The average molecular weight is 249 g/mol. The van der Waals surface area contributed by atoms with E-state index in [4.69, 9.17) is 10.5 Å². The molecule has 18 heavy (non-hydrogen) atoms. The maximum absolute atomic E-state index is 13.7. The van der Waals surface area contributed by atoms with Gasteiger partial charge in [-0.2, -0.15) is 5.10 Å². The fraction of sp³-hybridized carbons (Fsp3) is 0.308. The van der Waals surface area contributed by atoms with Crippen LogP contribution in [0, 0.1) is 5.82 Å². The molecule has 5 heteroatoms. The molecule has 1 aromatic heterocycles. The molecule has 0 spiro atoms. The van der Waals surface area contributed by atoms with E-state index in [2.05, 4.69) is 5.10 Å². The second-order valence-electron chi connectivity index (χ2n) is 4.07. The van der Waals surface area contributed by atoms with Crippen molar-refractivity contribution in [3.63, 3.8) is 0 Å². The number of rotatable bonds is 4. The van der Waals surface area contributed by atoms with Crippen LogP contribution in [0.4, 0.5) is 4.39 Å². The molecule has 0 unspecified atom stereocenters. The average Bonchev–Trinajstić information content (AvgIpc) is 2.76. The van der Waals surface area contributed by atoms with Gasteiger partial charge in [0.1, 0.15) is 11.6 Å². The van der Waals surface area contributed by atoms with Gasteiger partial charge in [0.2, 0.25) is 0 Å². The number of nitrogens with two attached hydrogens (primary N) is 1. The Morgan fingerprint density at radius 2 is 2.28 bits per heavy atom. The Morgan fingerprint density at radius 1 is 1.50 bits per heavy atom. The highest BCUT2D eigenvalue weighted by atomic mass is 19.1. The van der Waals surface area contributed by atoms with E-state index in [9.17, 15) is 4.39 Å². The summed E-state index contributed by atoms with van der Waals surface area (Å²) in [6.07, 6.45) is 3.36. The molecule has 2 rings (SSSR count). The van der Waals surface area contributed by atoms with Crippen LogP contribution in [0.15, 0.2) is 30.6 Å². The lowest BCUT2D eigenvalue weighted by molar-refractivity contribution is 0.460. The number of nitrogens with zero attached hydrogens (tertiary/aromatic N) is 2. The molecule has 1 heterocycles. The fourth-order valence-electron chi connectivity index (χ4n) is 1.75. The van der Waals surface area contributed by atoms with Crippen molar-refractivity contribution in [1.82, 2.24) is 9.78 Å². The predicted octanol–water partition coefficient (Wildman–Crippen LogP) is 2.85. The molecule has 2 N–H and O–H groups in total. The molecule has 4 nitrogen and oxygen atoms in total. The van der Waals surface area contributed by atoms with Gasteiger partial charge in [0.15, 0.2) is 5.75 Å². The minimum absolute atomic E-state index is 0.356. The highest BCUT2D eigenvalue weighted by Gasteiger charge is 2.14. The highest BCUT2D eigenvalue weighted by molar-refractivity contribution is 5.39. The topological polar surface area (TPSA) is 53.1 Å². The van der Waals surface area contributed by atoms with Gasteiger partial charge < -0.3 is 10.5 Å². The van der Waals surface area contributed by atoms with Crippen molar-refractivity contribution in [1.29, 1.82) is 0 Å². The lowest BCUT2D eigenvalue weighted by Gasteiger charge is -2.13. The second-order valence-corrected chi connectivity index (χ2v) is 4.07. The van der Waals surface area contributed by atoms with E-state index in [0.29, 0.717) is 17.1 Å². The minimum Gasteiger partial charge on any atom is -0.454 e. The lowest BCUT2D eigenvalue weighted by atomic mass is 10.1. The van der Waals surface area contributed by atoms with Crippen LogP contribution in [-0.2, 0) is 6.54 Å². The summed E-state index contributed by atoms with van der Waals surface area (Å²) in [4.78, 5) is 0. The standard InChI is InChI=1S/C13H16FN3O/c1-3-17-8-10(7-16-17)18-12-6-4-5-11(14)13(12)9(2)15/h4-9H,3,15H2,1-2H3/t9-/m0/s1. The van der Waals surface area contributed by atoms with E-state index in [-0.39, 0.29) is 5.82 Å². The van der Waals surface area contributed by atoms with E-state index in [0.717, 1.165) is 6.54 Å². The van der Waals surface area contributed by atoms with Crippen LogP contribution in [0.1, 0.15) is 25.5 Å². The monoisotopic (exact) mass is 249 g/mol. The second kappa shape index (κ2) is 5.18. The number of benzene rings is 1. The third-order valence-corrected chi connectivity index (χ3v) is 2.63. The maximum atomic E-state index is 13.7. The van der Waals surface area contributed by atoms with Crippen molar-refractivity contribution in [3.8, 4) is 11.5 Å². The zero-order valence-corrected chi connectivity index (χ0v) is 10.4. The third-order valence-electron chi connectivity index (χ3n) is 2.63. The molecule has 0 aliphatic heterocycles. The summed E-state index contributed by atoms with van der Waals surface area (Å²) in [5.41, 5.74) is 6.14. The van der Waals surface area contributed by atoms with E-state index < -0.39 is 6.04 Å². The third kappa shape index (κ3) is 2.51. The molecular formula is C13H16FN3O. The largest absolute Gasteiger partial charge is 0.454 e. The number of ether oxygens (including phenoxy) is 1. The zero-order valence-electron chi connectivity index (χ0n) is 10.4. The van der Waals surface area contributed by atoms with Gasteiger partial charge in [-0.25, -0.2) is 4.39 Å². The first-order chi connectivity index (χ1) is 8.61. The van der Waals surface area contributed by atoms with E-state index in [1.807, 2.05) is 6.92 Å². The van der Waals surface area contributed by atoms with Crippen LogP contribution in [0.2, 0.25) is 0 Å². The van der Waals surface area contributed by atoms with Gasteiger partial charge in [0.25, 0.3) is 0 Å². The smallest absolute Gasteiger partial charge is 0.165 e. The van der Waals surface area contributed by atoms with Crippen molar-refractivity contribution in [2.45, 2.75) is 26.4 Å². The molecule has 0 fully saturated rings. The Morgan fingerprint density at radius 3 is 2.89 bits per heavy atom. The number of aromatic nitrogens is 2. The number of halogens is 1. The first kappa shape index (κ1) is 12.6. The molecule has 0 aliphatic rings. The summed E-state index contributed by atoms with van der Waals surface area (Å²) in [6.45, 7) is 4.46. The van der Waals surface area contributed by atoms with Gasteiger partial charge in [-0.05, 0) is 26.0 Å². The molecule has 1 aromatic carbocycles. The van der Waals surface area contributed by atoms with Crippen molar-refractivity contribution in [2.75, 3.05) is 0 Å². The molecule has 2 aromatic rings. The van der Waals surface area contributed by atoms with Gasteiger partial charge in [-0.15, -0.1) is 0 Å². The number of hydrogen-bond donors (Lipinski definition) is 1. The Labute approximate surface area is 105 Å². The summed E-state index contributed by atoms with van der Waals surface area (Å²) in [5.74, 6) is 0.649. The van der Waals surface area contributed by atoms with Crippen LogP contribution in [-0.4, -0.2) is 9.78 Å². The van der Waals surface area contributed by atoms with Gasteiger partial charge >= 0.3 is 0 Å². The van der Waals surface area contributed by atoms with Crippen LogP contribution in [0.5, 0.6) is 11.5 Å². The predicted molar refractivity (Wildman–Crippen MR) is 67.0 cm³/mol. The molecular weight excluding hydrogens is 233 g/mol. The van der Waals surface area contributed by atoms with Crippen LogP contribution in [0.3, 0.4) is 0 Å². The lowest BCUT2D eigenvalue weighted by Crippen LogP contribution is -2.09. The maximum Gasteiger partial charge on any atom is 0.165 e. The molecule has 0 radical (unpaired) electrons. The fourth-order valence-corrected chi connectivity index (χ4v) is 1.75. The van der Waals surface area contributed by atoms with Gasteiger partial charge in [-0.3, -0.25) is 4.68 Å². The summed E-state index contributed by atoms with van der Waals surface area (Å²) in [5, 5.41) is 4.09. The molecule has 1 atom stereocenters. The van der Waals surface area contributed by atoms with Crippen LogP contribution < -0.4 is 10.5 Å². The summed E-state index contributed by atoms with van der Waals surface area (Å²) >= 11 is 0. The van der Waals surface area contributed by atoms with Gasteiger partial charge in [0.05, 0.1) is 12.4 Å². The molecule has 0 saturated heterocycles. The quantitative estimate of drug-likeness (QED) is 0.906. The van der Waals surface area contributed by atoms with E-state index in [1.54, 1.807) is 36.1 Å². The molecule has 0 aliphatic carbocycles. The SMILES string of the molecule is CCn1cc(Oc2cccc(F)c2[C@H](C)N)cn1. The van der Waals surface area contributed by atoms with Crippen molar-refractivity contribution < 1.29 is 9.13 Å². The Hall–Kier alpha value is -1.88. The first-order valence-corrected chi connectivity index (χ1v) is 5.86. The van der Waals surface area contributed by atoms with Crippen molar-refractivity contribution in [3.05, 3.63) is 42.0 Å². The van der Waals surface area contributed by atoms with Crippen LogP contribution >= 0.6 is 0 Å². The number of hydrogen-bond acceptors (Lipinski definition) is 3. The summed E-state index contributed by atoms with van der Waals surface area (Å²) in [7, 11) is 0. The zero-order chi connectivity index (χ0) is 13.1. The molecule has 0 amide bonds. The Balaban J connectivity index is 2.31. The van der Waals surface area contributed by atoms with E-state index >= 15 is 0 Å². The Bertz CT molecular complexity index is 537. The Kier molecular flexibility index (Phi) is 3.62. The van der Waals surface area contributed by atoms with Crippen LogP contribution in [0.25, 0.3) is 0 Å². The van der Waals surface area contributed by atoms with Crippen molar-refractivity contribution in [2.24, 2.45) is 5.73 Å². The molecule has 0 saturated carbocycles. The van der Waals surface area contributed by atoms with Gasteiger partial charge in [0, 0.05) is 18.2 Å². The molecule has 96 valence electrons. The van der Waals surface area contributed by atoms with E-state index in [1.165, 1.54) is 6.07 Å². The normalized spacial score (nSPS) is 12.4. The summed E-state index contributed by atoms with van der Waals surface area (Å²) in [6, 6.07) is 4.25. The highest BCUT2D eigenvalue weighted by Crippen LogP contribution is 2.30. The minimum atomic E-state index is -0.428. The molecule has 0 bridgehead atoms.